The lowest BCUT2D eigenvalue weighted by Crippen LogP contribution is -2.45. The largest absolute Gasteiger partial charge is 0.756 e. The number of carbonyl (C=O) groups is 1. The Hall–Kier alpha value is -3.36. The summed E-state index contributed by atoms with van der Waals surface area (Å²) < 4.78 is 23.4. The van der Waals surface area contributed by atoms with Gasteiger partial charge in [-0.05, 0) is 109 Å². The van der Waals surface area contributed by atoms with Crippen molar-refractivity contribution in [2.24, 2.45) is 0 Å². The summed E-state index contributed by atoms with van der Waals surface area (Å²) in [5.74, 6) is -0.223. The van der Waals surface area contributed by atoms with Crippen LogP contribution in [0.15, 0.2) is 134 Å². The molecule has 0 aliphatic rings. The van der Waals surface area contributed by atoms with Crippen LogP contribution in [0.5, 0.6) is 0 Å². The highest BCUT2D eigenvalue weighted by Crippen LogP contribution is 2.38. The molecule has 0 saturated carbocycles. The molecule has 0 heterocycles. The minimum Gasteiger partial charge on any atom is -0.756 e. The fourth-order valence-electron chi connectivity index (χ4n) is 10.0. The van der Waals surface area contributed by atoms with Crippen molar-refractivity contribution >= 4 is 13.7 Å². The summed E-state index contributed by atoms with van der Waals surface area (Å²) in [6.07, 6.45) is 102. The quantitative estimate of drug-likeness (QED) is 0.0272. The number of nitrogens with zero attached hydrogens (tertiary/aromatic N) is 1. The normalized spacial score (nSPS) is 14.4. The minimum atomic E-state index is -4.63. The zero-order valence-electron chi connectivity index (χ0n) is 57.2. The van der Waals surface area contributed by atoms with E-state index < -0.39 is 26.6 Å². The van der Waals surface area contributed by atoms with Gasteiger partial charge < -0.3 is 28.8 Å². The number of amides is 1. The number of likely N-dealkylation sites (N-methyl/N-ethyl adjacent to an activating group) is 1. The van der Waals surface area contributed by atoms with Crippen LogP contribution < -0.4 is 10.2 Å². The molecule has 0 saturated heterocycles. The number of rotatable bonds is 65. The highest BCUT2D eigenvalue weighted by molar-refractivity contribution is 7.45. The molecular formula is C78H137N2O6P. The van der Waals surface area contributed by atoms with E-state index in [0.29, 0.717) is 17.4 Å². The van der Waals surface area contributed by atoms with Crippen LogP contribution in [0.3, 0.4) is 0 Å². The van der Waals surface area contributed by atoms with Gasteiger partial charge in [0.2, 0.25) is 5.91 Å². The molecule has 0 aromatic rings. The number of aliphatic hydroxyl groups excluding tert-OH is 1. The molecule has 3 atom stereocenters. The Kier molecular flexibility index (Phi) is 64.5. The van der Waals surface area contributed by atoms with E-state index in [-0.39, 0.29) is 12.5 Å². The van der Waals surface area contributed by atoms with Crippen molar-refractivity contribution in [1.29, 1.82) is 0 Å². The van der Waals surface area contributed by atoms with Gasteiger partial charge in [-0.3, -0.25) is 9.36 Å². The van der Waals surface area contributed by atoms with Gasteiger partial charge >= 0.3 is 0 Å². The van der Waals surface area contributed by atoms with E-state index in [1.165, 1.54) is 173 Å². The molecule has 3 unspecified atom stereocenters. The van der Waals surface area contributed by atoms with Gasteiger partial charge in [0.1, 0.15) is 13.2 Å². The predicted molar refractivity (Wildman–Crippen MR) is 380 cm³/mol. The second-order valence-corrected chi connectivity index (χ2v) is 26.6. The number of hydrogen-bond donors (Lipinski definition) is 2. The molecule has 0 spiro atoms. The van der Waals surface area contributed by atoms with E-state index in [0.717, 1.165) is 109 Å². The molecule has 8 nitrogen and oxygen atoms in total. The summed E-state index contributed by atoms with van der Waals surface area (Å²) in [4.78, 5) is 25.6. The Morgan fingerprint density at radius 2 is 0.713 bits per heavy atom. The van der Waals surface area contributed by atoms with Crippen LogP contribution in [0.2, 0.25) is 0 Å². The average molecular weight is 1230 g/mol. The summed E-state index contributed by atoms with van der Waals surface area (Å²) in [6, 6.07) is -0.927. The maximum Gasteiger partial charge on any atom is 0.268 e. The lowest BCUT2D eigenvalue weighted by Gasteiger charge is -2.29. The predicted octanol–water partition coefficient (Wildman–Crippen LogP) is 22.8. The van der Waals surface area contributed by atoms with Gasteiger partial charge in [0.15, 0.2) is 0 Å². The maximum atomic E-state index is 13.0. The maximum absolute atomic E-state index is 13.0. The van der Waals surface area contributed by atoms with Gasteiger partial charge in [0, 0.05) is 6.42 Å². The summed E-state index contributed by atoms with van der Waals surface area (Å²) in [7, 11) is 1.22. The molecule has 0 rings (SSSR count). The molecule has 0 fully saturated rings. The molecule has 0 radical (unpaired) electrons. The molecule has 87 heavy (non-hydrogen) atoms. The molecule has 0 bridgehead atoms. The number of phosphoric ester groups is 1. The van der Waals surface area contributed by atoms with E-state index in [1.807, 2.05) is 27.2 Å². The standard InChI is InChI=1S/C78H137N2O6P/c1-6-8-10-12-14-16-18-20-22-24-26-28-30-32-34-36-38-40-42-44-46-48-50-52-54-56-58-60-62-64-66-68-70-72-78(82)79-76(75-86-87(83,84)85-74-73-80(3,4)5)77(81)71-69-67-65-63-61-59-57-55-53-51-49-47-45-43-41-39-37-35-33-31-29-27-25-23-21-19-17-15-13-11-9-7-2/h8,10,14,16,20,22,26,28,32,34,38,40,44,46,50,52-53,55,61,63,69,71,76-77,81H,6-7,9,11-13,15,17-19,21,23-25,27,29-31,33,35-37,39,41-43,45,47-49,51,54,56-60,62,64-68,70,72-75H2,1-5H3,(H-,79,82,83,84)/b10-8-,16-14-,22-20-,28-26-,34-32-,40-38-,46-44-,52-50-,55-53+,63-61+,71-69+. The van der Waals surface area contributed by atoms with Gasteiger partial charge in [-0.15, -0.1) is 0 Å². The SMILES string of the molecule is CC/C=C\C/C=C\C/C=C\C/C=C\C/C=C\C/C=C\C/C=C\C/C=C\CCCCCCCCCCC(=O)NC(COP(=O)([O-])OCC[N+](C)(C)C)C(O)/C=C/CC/C=C/CC/C=C/CCCCCCCCCCCCCCCCCCCCCCCC. The Balaban J connectivity index is 4.19. The third kappa shape index (κ3) is 70.0. The van der Waals surface area contributed by atoms with Crippen LogP contribution in [0, 0.1) is 0 Å². The van der Waals surface area contributed by atoms with E-state index in [4.69, 9.17) is 9.05 Å². The number of unbranched alkanes of at least 4 members (excludes halogenated alkanes) is 32. The summed E-state index contributed by atoms with van der Waals surface area (Å²) >= 11 is 0. The lowest BCUT2D eigenvalue weighted by atomic mass is 10.0. The topological polar surface area (TPSA) is 108 Å². The lowest BCUT2D eigenvalue weighted by molar-refractivity contribution is -0.870. The number of phosphoric acid groups is 1. The van der Waals surface area contributed by atoms with Crippen molar-refractivity contribution in [1.82, 2.24) is 5.32 Å². The first kappa shape index (κ1) is 83.6. The number of hydrogen-bond acceptors (Lipinski definition) is 6. The van der Waals surface area contributed by atoms with Crippen molar-refractivity contribution in [3.63, 3.8) is 0 Å². The first-order chi connectivity index (χ1) is 42.5. The molecule has 0 aromatic carbocycles. The second kappa shape index (κ2) is 67.0. The van der Waals surface area contributed by atoms with Crippen LogP contribution in [-0.4, -0.2) is 68.5 Å². The number of aliphatic hydroxyl groups is 1. The number of allylic oxidation sites excluding steroid dienone is 21. The van der Waals surface area contributed by atoms with Gasteiger partial charge in [-0.2, -0.15) is 0 Å². The first-order valence-electron chi connectivity index (χ1n) is 36.0. The molecule has 0 aromatic heterocycles. The van der Waals surface area contributed by atoms with Gasteiger partial charge in [-0.1, -0.05) is 321 Å². The third-order valence-electron chi connectivity index (χ3n) is 15.6. The highest BCUT2D eigenvalue weighted by Gasteiger charge is 2.23. The van der Waals surface area contributed by atoms with Crippen LogP contribution in [0.4, 0.5) is 0 Å². The molecule has 9 heteroatoms. The fraction of sp³-hybridized carbons (Fsp3) is 0.705. The van der Waals surface area contributed by atoms with Crippen LogP contribution in [0.1, 0.15) is 303 Å². The second-order valence-electron chi connectivity index (χ2n) is 25.2. The molecular weight excluding hydrogens is 1090 g/mol. The average Bonchev–Trinajstić information content (AvgIpc) is 3.71. The summed E-state index contributed by atoms with van der Waals surface area (Å²) in [6.45, 7) is 4.51. The van der Waals surface area contributed by atoms with Crippen molar-refractivity contribution in [3.8, 4) is 0 Å². The van der Waals surface area contributed by atoms with Gasteiger partial charge in [0.25, 0.3) is 7.82 Å². The number of nitrogens with one attached hydrogen (secondary N) is 1. The number of quaternary nitrogens is 1. The Morgan fingerprint density at radius 3 is 1.07 bits per heavy atom. The minimum absolute atomic E-state index is 0.0175. The van der Waals surface area contributed by atoms with Crippen molar-refractivity contribution in [3.05, 3.63) is 134 Å². The monoisotopic (exact) mass is 1230 g/mol. The molecule has 1 amide bonds. The van der Waals surface area contributed by atoms with Crippen molar-refractivity contribution in [2.45, 2.75) is 315 Å². The highest BCUT2D eigenvalue weighted by atomic mass is 31.2. The molecule has 0 aliphatic heterocycles. The third-order valence-corrected chi connectivity index (χ3v) is 16.5. The number of carbonyl (C=O) groups excluding carboxylic acids is 1. The smallest absolute Gasteiger partial charge is 0.268 e. The summed E-state index contributed by atoms with van der Waals surface area (Å²) in [5.41, 5.74) is 0. The zero-order valence-corrected chi connectivity index (χ0v) is 58.1. The van der Waals surface area contributed by atoms with Crippen molar-refractivity contribution < 1.29 is 32.9 Å². The zero-order chi connectivity index (χ0) is 63.4. The Bertz CT molecular complexity index is 1880. The van der Waals surface area contributed by atoms with Gasteiger partial charge in [0.05, 0.1) is 39.9 Å². The van der Waals surface area contributed by atoms with E-state index in [1.54, 1.807) is 6.08 Å². The van der Waals surface area contributed by atoms with Crippen LogP contribution in [-0.2, 0) is 18.4 Å². The van der Waals surface area contributed by atoms with Crippen molar-refractivity contribution in [2.75, 3.05) is 40.9 Å². The van der Waals surface area contributed by atoms with Crippen LogP contribution in [0.25, 0.3) is 0 Å². The summed E-state index contributed by atoms with van der Waals surface area (Å²) in [5, 5.41) is 13.9. The van der Waals surface area contributed by atoms with E-state index in [2.05, 4.69) is 141 Å². The first-order valence-corrected chi connectivity index (χ1v) is 37.5. The molecule has 2 N–H and O–H groups in total. The van der Waals surface area contributed by atoms with Gasteiger partial charge in [-0.25, -0.2) is 0 Å². The molecule has 0 aliphatic carbocycles. The van der Waals surface area contributed by atoms with E-state index >= 15 is 0 Å². The van der Waals surface area contributed by atoms with E-state index in [9.17, 15) is 19.4 Å². The van der Waals surface area contributed by atoms with Crippen LogP contribution >= 0.6 is 7.82 Å². The Morgan fingerprint density at radius 1 is 0.414 bits per heavy atom. The fourth-order valence-corrected chi connectivity index (χ4v) is 10.7. The molecule has 500 valence electrons. The Labute approximate surface area is 538 Å².